The van der Waals surface area contributed by atoms with Crippen LogP contribution in [0.5, 0.6) is 0 Å². The number of benzene rings is 2. The monoisotopic (exact) mass is 554 g/mol. The lowest BCUT2D eigenvalue weighted by Gasteiger charge is -2.42. The Hall–Kier alpha value is -2.34. The second-order valence-electron chi connectivity index (χ2n) is 11.9. The Morgan fingerprint density at radius 1 is 0.590 bits per heavy atom. The van der Waals surface area contributed by atoms with Crippen molar-refractivity contribution in [1.29, 1.82) is 0 Å². The summed E-state index contributed by atoms with van der Waals surface area (Å²) >= 11 is 0. The summed E-state index contributed by atoms with van der Waals surface area (Å²) in [6, 6.07) is 28.0. The van der Waals surface area contributed by atoms with Crippen LogP contribution in [0.25, 0.3) is 0 Å². The molecule has 0 aromatic heterocycles. The molecule has 1 fully saturated rings. The summed E-state index contributed by atoms with van der Waals surface area (Å²) in [5, 5.41) is 0. The van der Waals surface area contributed by atoms with Gasteiger partial charge in [0.1, 0.15) is 16.1 Å². The highest BCUT2D eigenvalue weighted by molar-refractivity contribution is 6.87. The average molecular weight is 555 g/mol. The quantitative estimate of drug-likeness (QED) is 0.211. The molecule has 1 aliphatic rings. The maximum atomic E-state index is 15.2. The van der Waals surface area contributed by atoms with Crippen molar-refractivity contribution in [1.82, 2.24) is 0 Å². The Balaban J connectivity index is 2.23. The van der Waals surface area contributed by atoms with E-state index in [1.54, 1.807) is 0 Å². The molecule has 1 aliphatic carbocycles. The van der Waals surface area contributed by atoms with Gasteiger partial charge in [0, 0.05) is 0 Å². The molecule has 0 bridgehead atoms. The van der Waals surface area contributed by atoms with Crippen LogP contribution in [0.15, 0.2) is 60.7 Å². The summed E-state index contributed by atoms with van der Waals surface area (Å²) in [7, 11) is -3.45. The number of Topliss-reactive ketones (excluding diaryl/α,β-unsaturated/α-hetero) is 1. The molecule has 0 radical (unpaired) electrons. The first-order valence-corrected chi connectivity index (χ1v) is 20.8. The lowest BCUT2D eigenvalue weighted by atomic mass is 9.58. The molecule has 0 heterocycles. The molecule has 0 spiro atoms. The lowest BCUT2D eigenvalue weighted by Crippen LogP contribution is -2.49. The van der Waals surface area contributed by atoms with E-state index in [9.17, 15) is 0 Å². The predicted molar refractivity (Wildman–Crippen MR) is 174 cm³/mol. The molecule has 3 rings (SSSR count). The van der Waals surface area contributed by atoms with E-state index in [-0.39, 0.29) is 0 Å². The summed E-state index contributed by atoms with van der Waals surface area (Å²) < 4.78 is 0. The molecule has 208 valence electrons. The van der Waals surface area contributed by atoms with Gasteiger partial charge in [-0.05, 0) is 79.5 Å². The number of hydrogen-bond donors (Lipinski definition) is 0. The van der Waals surface area contributed by atoms with Gasteiger partial charge >= 0.3 is 0 Å². The van der Waals surface area contributed by atoms with Crippen molar-refractivity contribution in [2.45, 2.75) is 110 Å². The van der Waals surface area contributed by atoms with E-state index in [2.05, 4.69) is 125 Å². The smallest absolute Gasteiger partial charge is 0.169 e. The first-order chi connectivity index (χ1) is 18.8. The number of rotatable bonds is 10. The number of carbonyl (C=O) groups is 1. The second-order valence-corrected chi connectivity index (χ2v) is 21.7. The summed E-state index contributed by atoms with van der Waals surface area (Å²) in [4.78, 5) is 15.2. The van der Waals surface area contributed by atoms with Gasteiger partial charge < -0.3 is 0 Å². The van der Waals surface area contributed by atoms with Crippen molar-refractivity contribution in [3.05, 3.63) is 71.8 Å². The Morgan fingerprint density at radius 3 is 1.23 bits per heavy atom. The van der Waals surface area contributed by atoms with Gasteiger partial charge in [-0.3, -0.25) is 4.79 Å². The van der Waals surface area contributed by atoms with Gasteiger partial charge in [0.2, 0.25) is 0 Å². The third kappa shape index (κ3) is 7.06. The van der Waals surface area contributed by atoms with Crippen molar-refractivity contribution in [2.24, 2.45) is 10.8 Å². The van der Waals surface area contributed by atoms with E-state index in [0.717, 1.165) is 55.5 Å². The Morgan fingerprint density at radius 2 is 0.923 bits per heavy atom. The van der Waals surface area contributed by atoms with E-state index in [1.807, 2.05) is 0 Å². The molecule has 2 aromatic carbocycles. The van der Waals surface area contributed by atoms with Gasteiger partial charge in [-0.25, -0.2) is 0 Å². The summed E-state index contributed by atoms with van der Waals surface area (Å²) in [5.41, 5.74) is 8.83. The van der Waals surface area contributed by atoms with Crippen LogP contribution in [-0.4, -0.2) is 21.9 Å². The van der Waals surface area contributed by atoms with Crippen molar-refractivity contribution < 1.29 is 4.79 Å². The summed E-state index contributed by atoms with van der Waals surface area (Å²) in [5.74, 6) is 7.92. The summed E-state index contributed by atoms with van der Waals surface area (Å²) in [6.07, 6.45) is 4.05. The van der Waals surface area contributed by atoms with Crippen molar-refractivity contribution in [3.63, 3.8) is 0 Å². The van der Waals surface area contributed by atoms with E-state index >= 15 is 4.79 Å². The zero-order valence-corrected chi connectivity index (χ0v) is 27.5. The fourth-order valence-electron chi connectivity index (χ4n) is 6.46. The molecule has 0 unspecified atom stereocenters. The van der Waals surface area contributed by atoms with Crippen molar-refractivity contribution in [2.75, 3.05) is 0 Å². The molecule has 2 atom stereocenters. The highest BCUT2D eigenvalue weighted by atomic mass is 28.3. The fraction of sp³-hybridized carbons (Fsp3) is 0.528. The molecule has 1 nitrogen and oxygen atoms in total. The molecule has 2 aromatic rings. The number of ketones is 1. The third-order valence-electron chi connectivity index (χ3n) is 9.97. The standard InChI is InChI=1S/C36H50OSi2/c1-7-38(8-2,9-3)28-26-35(30-32-20-15-13-16-21-32)24-19-25-36(34(35)37,31-33-22-17-14-18-23-33)27-29-39(10-4,11-5)12-6/h13-18,20-23H,7-12,19,24-25,30-31H2,1-6H3/t35-,36+. The molecular weight excluding hydrogens is 505 g/mol. The van der Waals surface area contributed by atoms with Crippen molar-refractivity contribution in [3.8, 4) is 22.9 Å². The van der Waals surface area contributed by atoms with Crippen LogP contribution >= 0.6 is 0 Å². The van der Waals surface area contributed by atoms with Crippen LogP contribution in [0, 0.1) is 33.8 Å². The molecule has 1 saturated carbocycles. The molecule has 3 heteroatoms. The SMILES string of the molecule is CC[Si](C#C[C@@]1(Cc2ccccc2)CCC[C@](C#C[Si](CC)(CC)CC)(Cc2ccccc2)C1=O)(CC)CC. The van der Waals surface area contributed by atoms with Crippen LogP contribution in [0.1, 0.15) is 71.9 Å². The van der Waals surface area contributed by atoms with Gasteiger partial charge in [-0.2, -0.15) is 0 Å². The normalized spacial score (nSPS) is 21.4. The Kier molecular flexibility index (Phi) is 11.1. The highest BCUT2D eigenvalue weighted by Gasteiger charge is 2.52. The maximum Gasteiger partial charge on any atom is 0.169 e. The van der Waals surface area contributed by atoms with Crippen molar-refractivity contribution >= 4 is 21.9 Å². The minimum absolute atomic E-state index is 0.298. The lowest BCUT2D eigenvalue weighted by molar-refractivity contribution is -0.136. The number of carbonyl (C=O) groups excluding carboxylic acids is 1. The second kappa shape index (κ2) is 13.8. The molecule has 0 aliphatic heterocycles. The Bertz CT molecular complexity index is 1080. The molecule has 0 saturated heterocycles. The predicted octanol–water partition coefficient (Wildman–Crippen LogP) is 9.30. The maximum absolute atomic E-state index is 15.2. The van der Waals surface area contributed by atoms with Gasteiger partial charge in [0.25, 0.3) is 0 Å². The zero-order chi connectivity index (χ0) is 28.4. The number of hydrogen-bond acceptors (Lipinski definition) is 1. The molecule has 39 heavy (non-hydrogen) atoms. The third-order valence-corrected chi connectivity index (χ3v) is 19.4. The average Bonchev–Trinajstić information content (AvgIpc) is 2.99. The van der Waals surface area contributed by atoms with Crippen LogP contribution in [-0.2, 0) is 17.6 Å². The van der Waals surface area contributed by atoms with Gasteiger partial charge in [0.15, 0.2) is 5.78 Å². The topological polar surface area (TPSA) is 17.1 Å². The van der Waals surface area contributed by atoms with Crippen LogP contribution in [0.2, 0.25) is 36.3 Å². The first-order valence-electron chi connectivity index (χ1n) is 15.5. The van der Waals surface area contributed by atoms with Gasteiger partial charge in [-0.15, -0.1) is 11.1 Å². The van der Waals surface area contributed by atoms with Crippen LogP contribution < -0.4 is 0 Å². The van der Waals surface area contributed by atoms with E-state index in [4.69, 9.17) is 0 Å². The fourth-order valence-corrected chi connectivity index (χ4v) is 11.5. The molecular formula is C36H50OSi2. The first kappa shape index (κ1) is 31.2. The zero-order valence-electron chi connectivity index (χ0n) is 25.5. The van der Waals surface area contributed by atoms with Gasteiger partial charge in [-0.1, -0.05) is 114 Å². The Labute approximate surface area is 241 Å². The largest absolute Gasteiger partial charge is 0.296 e. The minimum atomic E-state index is -1.72. The van der Waals surface area contributed by atoms with Gasteiger partial charge in [0.05, 0.1) is 10.8 Å². The van der Waals surface area contributed by atoms with E-state index in [1.165, 1.54) is 11.1 Å². The molecule has 0 amide bonds. The van der Waals surface area contributed by atoms with E-state index in [0.29, 0.717) is 18.6 Å². The summed E-state index contributed by atoms with van der Waals surface area (Å²) in [6.45, 7) is 13.8. The van der Waals surface area contributed by atoms with Crippen LogP contribution in [0.4, 0.5) is 0 Å². The highest BCUT2D eigenvalue weighted by Crippen LogP contribution is 2.47. The molecule has 0 N–H and O–H groups in total. The minimum Gasteiger partial charge on any atom is -0.296 e. The van der Waals surface area contributed by atoms with Crippen LogP contribution in [0.3, 0.4) is 0 Å². The van der Waals surface area contributed by atoms with E-state index < -0.39 is 27.0 Å².